The van der Waals surface area contributed by atoms with Crippen molar-refractivity contribution in [3.05, 3.63) is 11.7 Å². The van der Waals surface area contributed by atoms with Gasteiger partial charge in [-0.25, -0.2) is 0 Å². The monoisotopic (exact) mass is 279 g/mol. The van der Waals surface area contributed by atoms with Gasteiger partial charge in [0.2, 0.25) is 5.89 Å². The third kappa shape index (κ3) is 4.58. The highest BCUT2D eigenvalue weighted by Crippen LogP contribution is 2.31. The summed E-state index contributed by atoms with van der Waals surface area (Å²) < 4.78 is 5.43. The first kappa shape index (κ1) is 15.5. The maximum absolute atomic E-state index is 5.68. The lowest BCUT2D eigenvalue weighted by Crippen LogP contribution is -2.10. The first-order valence-electron chi connectivity index (χ1n) is 8.36. The molecule has 1 aromatic rings. The highest BCUT2D eigenvalue weighted by molar-refractivity contribution is 4.97. The maximum Gasteiger partial charge on any atom is 0.226 e. The van der Waals surface area contributed by atoms with Crippen molar-refractivity contribution in [2.24, 2.45) is 11.7 Å². The van der Waals surface area contributed by atoms with Crippen LogP contribution in [0.2, 0.25) is 0 Å². The number of hydrogen-bond donors (Lipinski definition) is 1. The van der Waals surface area contributed by atoms with Gasteiger partial charge in [0.05, 0.1) is 0 Å². The van der Waals surface area contributed by atoms with Crippen molar-refractivity contribution in [3.8, 4) is 0 Å². The average molecular weight is 279 g/mol. The molecule has 1 atom stereocenters. The van der Waals surface area contributed by atoms with Crippen molar-refractivity contribution in [3.63, 3.8) is 0 Å². The van der Waals surface area contributed by atoms with E-state index in [1.165, 1.54) is 44.9 Å². The van der Waals surface area contributed by atoms with Crippen molar-refractivity contribution >= 4 is 0 Å². The average Bonchev–Trinajstić information content (AvgIpc) is 2.95. The Morgan fingerprint density at radius 1 is 1.20 bits per heavy atom. The molecule has 0 radical (unpaired) electrons. The van der Waals surface area contributed by atoms with Gasteiger partial charge >= 0.3 is 0 Å². The Kier molecular flexibility index (Phi) is 6.51. The number of nitrogens with two attached hydrogens (primary N) is 1. The third-order valence-corrected chi connectivity index (χ3v) is 4.49. The number of aryl methyl sites for hydroxylation is 1. The molecular formula is C16H29N3O. The molecule has 0 spiro atoms. The SMILES string of the molecule is CCCC(CCN)CCc1nc(C2CCCCC2)no1. The minimum atomic E-state index is 0.539. The van der Waals surface area contributed by atoms with Gasteiger partial charge in [0.1, 0.15) is 0 Å². The summed E-state index contributed by atoms with van der Waals surface area (Å²) >= 11 is 0. The van der Waals surface area contributed by atoms with Gasteiger partial charge in [0, 0.05) is 12.3 Å². The number of hydrogen-bond acceptors (Lipinski definition) is 4. The molecule has 0 aromatic carbocycles. The van der Waals surface area contributed by atoms with E-state index >= 15 is 0 Å². The normalized spacial score (nSPS) is 18.3. The Labute approximate surface area is 122 Å². The van der Waals surface area contributed by atoms with Gasteiger partial charge in [0.15, 0.2) is 5.82 Å². The van der Waals surface area contributed by atoms with Gasteiger partial charge < -0.3 is 10.3 Å². The molecule has 4 nitrogen and oxygen atoms in total. The largest absolute Gasteiger partial charge is 0.339 e. The minimum Gasteiger partial charge on any atom is -0.339 e. The summed E-state index contributed by atoms with van der Waals surface area (Å²) in [4.78, 5) is 4.62. The van der Waals surface area contributed by atoms with Gasteiger partial charge in [-0.3, -0.25) is 0 Å². The lowest BCUT2D eigenvalue weighted by atomic mass is 9.89. The Bertz CT molecular complexity index is 366. The molecule has 1 fully saturated rings. The first-order chi connectivity index (χ1) is 9.83. The van der Waals surface area contributed by atoms with Crippen molar-refractivity contribution in [1.29, 1.82) is 0 Å². The Morgan fingerprint density at radius 3 is 2.70 bits per heavy atom. The summed E-state index contributed by atoms with van der Waals surface area (Å²) in [5.41, 5.74) is 5.68. The van der Waals surface area contributed by atoms with E-state index in [4.69, 9.17) is 10.3 Å². The molecule has 0 saturated heterocycles. The molecule has 1 aliphatic rings. The van der Waals surface area contributed by atoms with Crippen LogP contribution in [-0.2, 0) is 6.42 Å². The standard InChI is InChI=1S/C16H29N3O/c1-2-6-13(11-12-17)9-10-15-18-16(19-20-15)14-7-4-3-5-8-14/h13-14H,2-12,17H2,1H3. The Balaban J connectivity index is 1.82. The first-order valence-corrected chi connectivity index (χ1v) is 8.36. The van der Waals surface area contributed by atoms with E-state index in [2.05, 4.69) is 17.1 Å². The smallest absolute Gasteiger partial charge is 0.226 e. The summed E-state index contributed by atoms with van der Waals surface area (Å²) in [6.45, 7) is 3.01. The Hall–Kier alpha value is -0.900. The van der Waals surface area contributed by atoms with E-state index in [1.54, 1.807) is 0 Å². The van der Waals surface area contributed by atoms with E-state index < -0.39 is 0 Å². The van der Waals surface area contributed by atoms with Crippen LogP contribution < -0.4 is 5.73 Å². The lowest BCUT2D eigenvalue weighted by Gasteiger charge is -2.17. The fourth-order valence-electron chi connectivity index (χ4n) is 3.30. The third-order valence-electron chi connectivity index (χ3n) is 4.49. The predicted octanol–water partition coefficient (Wildman–Crippen LogP) is 3.82. The van der Waals surface area contributed by atoms with Crippen LogP contribution in [0.4, 0.5) is 0 Å². The highest BCUT2D eigenvalue weighted by atomic mass is 16.5. The summed E-state index contributed by atoms with van der Waals surface area (Å²) in [7, 11) is 0. The van der Waals surface area contributed by atoms with Gasteiger partial charge in [-0.05, 0) is 38.1 Å². The van der Waals surface area contributed by atoms with Crippen molar-refractivity contribution in [2.45, 2.75) is 77.0 Å². The van der Waals surface area contributed by atoms with Crippen molar-refractivity contribution < 1.29 is 4.52 Å². The fourth-order valence-corrected chi connectivity index (χ4v) is 3.30. The van der Waals surface area contributed by atoms with Crippen LogP contribution in [0.3, 0.4) is 0 Å². The van der Waals surface area contributed by atoms with Gasteiger partial charge in [-0.15, -0.1) is 0 Å². The second-order valence-electron chi connectivity index (χ2n) is 6.15. The molecule has 1 saturated carbocycles. The van der Waals surface area contributed by atoms with Crippen molar-refractivity contribution in [1.82, 2.24) is 10.1 Å². The predicted molar refractivity (Wildman–Crippen MR) is 80.5 cm³/mol. The summed E-state index contributed by atoms with van der Waals surface area (Å²) in [6.07, 6.45) is 12.0. The number of nitrogens with zero attached hydrogens (tertiary/aromatic N) is 2. The van der Waals surface area contributed by atoms with Crippen LogP contribution in [0.15, 0.2) is 4.52 Å². The number of aromatic nitrogens is 2. The van der Waals surface area contributed by atoms with Crippen molar-refractivity contribution in [2.75, 3.05) is 6.54 Å². The molecule has 1 aromatic heterocycles. The zero-order chi connectivity index (χ0) is 14.2. The molecule has 4 heteroatoms. The molecule has 1 heterocycles. The van der Waals surface area contributed by atoms with E-state index in [9.17, 15) is 0 Å². The molecule has 0 bridgehead atoms. The van der Waals surface area contributed by atoms with E-state index in [0.717, 1.165) is 37.5 Å². The lowest BCUT2D eigenvalue weighted by molar-refractivity contribution is 0.339. The van der Waals surface area contributed by atoms with Crippen LogP contribution in [0.1, 0.15) is 82.3 Å². The summed E-state index contributed by atoms with van der Waals surface area (Å²) in [5, 5.41) is 4.20. The fraction of sp³-hybridized carbons (Fsp3) is 0.875. The minimum absolute atomic E-state index is 0.539. The van der Waals surface area contributed by atoms with E-state index in [0.29, 0.717) is 11.8 Å². The topological polar surface area (TPSA) is 64.9 Å². The molecule has 2 N–H and O–H groups in total. The molecule has 2 rings (SSSR count). The molecule has 114 valence electrons. The molecule has 1 unspecified atom stereocenters. The summed E-state index contributed by atoms with van der Waals surface area (Å²) in [5.74, 6) is 3.01. The van der Waals surface area contributed by atoms with Gasteiger partial charge in [-0.1, -0.05) is 44.2 Å². The van der Waals surface area contributed by atoms with E-state index in [1.807, 2.05) is 0 Å². The van der Waals surface area contributed by atoms with Crippen LogP contribution in [-0.4, -0.2) is 16.7 Å². The second-order valence-corrected chi connectivity index (χ2v) is 6.15. The van der Waals surface area contributed by atoms with Gasteiger partial charge in [0.25, 0.3) is 0 Å². The molecular weight excluding hydrogens is 250 g/mol. The molecule has 20 heavy (non-hydrogen) atoms. The summed E-state index contributed by atoms with van der Waals surface area (Å²) in [6, 6.07) is 0. The maximum atomic E-state index is 5.68. The Morgan fingerprint density at radius 2 is 2.00 bits per heavy atom. The zero-order valence-corrected chi connectivity index (χ0v) is 12.8. The van der Waals surface area contributed by atoms with Crippen LogP contribution >= 0.6 is 0 Å². The van der Waals surface area contributed by atoms with Crippen LogP contribution in [0, 0.1) is 5.92 Å². The highest BCUT2D eigenvalue weighted by Gasteiger charge is 2.21. The van der Waals surface area contributed by atoms with Gasteiger partial charge in [-0.2, -0.15) is 4.98 Å². The molecule has 0 amide bonds. The zero-order valence-electron chi connectivity index (χ0n) is 12.8. The van der Waals surface area contributed by atoms with Crippen LogP contribution in [0.25, 0.3) is 0 Å². The van der Waals surface area contributed by atoms with Crippen LogP contribution in [0.5, 0.6) is 0 Å². The van der Waals surface area contributed by atoms with E-state index in [-0.39, 0.29) is 0 Å². The molecule has 1 aliphatic carbocycles. The quantitative estimate of drug-likeness (QED) is 0.785. The second kappa shape index (κ2) is 8.40. The number of rotatable bonds is 8. The molecule has 0 aliphatic heterocycles.